The van der Waals surface area contributed by atoms with E-state index in [-0.39, 0.29) is 23.7 Å². The zero-order valence-electron chi connectivity index (χ0n) is 20.7. The number of carbonyl (C=O) groups is 1. The predicted molar refractivity (Wildman–Crippen MR) is 149 cm³/mol. The van der Waals surface area contributed by atoms with Gasteiger partial charge in [-0.2, -0.15) is 5.10 Å². The highest BCUT2D eigenvalue weighted by Gasteiger charge is 2.32. The zero-order chi connectivity index (χ0) is 26.6. The van der Waals surface area contributed by atoms with E-state index in [4.69, 9.17) is 16.6 Å². The van der Waals surface area contributed by atoms with Crippen LogP contribution in [0.3, 0.4) is 0 Å². The Morgan fingerprint density at radius 3 is 2.58 bits per heavy atom. The lowest BCUT2D eigenvalue weighted by Gasteiger charge is -2.13. The molecule has 0 saturated heterocycles. The lowest BCUT2D eigenvalue weighted by atomic mass is 9.99. The lowest BCUT2D eigenvalue weighted by Crippen LogP contribution is -2.20. The van der Waals surface area contributed by atoms with E-state index in [1.807, 2.05) is 35.8 Å². The second-order valence-corrected chi connectivity index (χ2v) is 10.7. The molecule has 1 aliphatic heterocycles. The molecule has 5 aromatic rings. The average Bonchev–Trinajstić information content (AvgIpc) is 3.38. The molecule has 0 fully saturated rings. The number of nitrogens with one attached hydrogen (secondary N) is 2. The molecule has 0 spiro atoms. The van der Waals surface area contributed by atoms with E-state index in [1.165, 1.54) is 4.88 Å². The van der Waals surface area contributed by atoms with Crippen molar-refractivity contribution in [2.45, 2.75) is 33.2 Å². The van der Waals surface area contributed by atoms with E-state index in [0.717, 1.165) is 27.4 Å². The third-order valence-corrected chi connectivity index (χ3v) is 8.13. The van der Waals surface area contributed by atoms with E-state index in [2.05, 4.69) is 39.6 Å². The summed E-state index contributed by atoms with van der Waals surface area (Å²) < 4.78 is 2.00. The highest BCUT2D eigenvalue weighted by molar-refractivity contribution is 7.15. The maximum Gasteiger partial charge on any atom is 0.272 e. The largest absolute Gasteiger partial charge is 0.309 e. The molecule has 38 heavy (non-hydrogen) atoms. The molecule has 0 bridgehead atoms. The van der Waals surface area contributed by atoms with Crippen molar-refractivity contribution in [1.82, 2.24) is 25.0 Å². The number of amides is 1. The van der Waals surface area contributed by atoms with Crippen molar-refractivity contribution in [1.29, 1.82) is 0 Å². The number of nitrogens with zero attached hydrogens (tertiary/aromatic N) is 5. The fourth-order valence-corrected chi connectivity index (χ4v) is 6.04. The molecule has 0 aliphatic carbocycles. The van der Waals surface area contributed by atoms with Gasteiger partial charge in [-0.05, 0) is 44.5 Å². The van der Waals surface area contributed by atoms with E-state index < -0.39 is 6.04 Å². The number of carbonyl (C=O) groups excluding carboxylic acids is 1. The number of hydrogen-bond acceptors (Lipinski definition) is 7. The van der Waals surface area contributed by atoms with E-state index in [9.17, 15) is 9.59 Å². The topological polar surface area (TPSA) is 118 Å². The molecule has 2 aromatic carbocycles. The predicted octanol–water partition coefficient (Wildman–Crippen LogP) is 5.06. The van der Waals surface area contributed by atoms with Gasteiger partial charge in [-0.3, -0.25) is 19.1 Å². The number of thiophene rings is 1. The van der Waals surface area contributed by atoms with Gasteiger partial charge in [-0.15, -0.1) is 21.5 Å². The molecule has 3 aromatic heterocycles. The van der Waals surface area contributed by atoms with Crippen LogP contribution in [-0.2, 0) is 4.79 Å². The minimum absolute atomic E-state index is 0.00265. The zero-order valence-corrected chi connectivity index (χ0v) is 22.3. The number of rotatable bonds is 4. The van der Waals surface area contributed by atoms with Crippen molar-refractivity contribution >= 4 is 51.1 Å². The number of aromatic nitrogens is 5. The maximum absolute atomic E-state index is 13.4. The molecule has 11 heteroatoms. The Morgan fingerprint density at radius 2 is 1.82 bits per heavy atom. The Labute approximate surface area is 226 Å². The van der Waals surface area contributed by atoms with Crippen LogP contribution in [0.2, 0.25) is 5.02 Å². The van der Waals surface area contributed by atoms with Crippen LogP contribution in [0.4, 0.5) is 5.82 Å². The number of halogens is 1. The third kappa shape index (κ3) is 4.02. The van der Waals surface area contributed by atoms with Crippen LogP contribution in [0, 0.1) is 20.8 Å². The first-order valence-electron chi connectivity index (χ1n) is 12.0. The van der Waals surface area contributed by atoms with Crippen LogP contribution in [0.1, 0.15) is 45.7 Å². The normalized spacial score (nSPS) is 14.5. The van der Waals surface area contributed by atoms with Crippen LogP contribution < -0.4 is 10.9 Å². The summed E-state index contributed by atoms with van der Waals surface area (Å²) in [6.45, 7) is 6.06. The molecule has 0 saturated carbocycles. The molecule has 0 radical (unpaired) electrons. The first kappa shape index (κ1) is 24.2. The number of benzene rings is 2. The maximum atomic E-state index is 13.4. The fourth-order valence-electron chi connectivity index (χ4n) is 4.70. The van der Waals surface area contributed by atoms with Crippen LogP contribution in [0.25, 0.3) is 15.8 Å². The Bertz CT molecular complexity index is 1820. The van der Waals surface area contributed by atoms with Gasteiger partial charge >= 0.3 is 0 Å². The van der Waals surface area contributed by atoms with Gasteiger partial charge in [-0.1, -0.05) is 41.9 Å². The van der Waals surface area contributed by atoms with Crippen molar-refractivity contribution in [2.24, 2.45) is 4.99 Å². The number of aromatic amines is 1. The van der Waals surface area contributed by atoms with Gasteiger partial charge < -0.3 is 5.32 Å². The number of H-pyrrole nitrogens is 1. The van der Waals surface area contributed by atoms with E-state index in [1.54, 1.807) is 35.6 Å². The number of anilines is 1. The molecule has 1 amide bonds. The van der Waals surface area contributed by atoms with Gasteiger partial charge in [0.2, 0.25) is 5.91 Å². The molecular weight excluding hydrogens is 522 g/mol. The Kier molecular flexibility index (Phi) is 5.93. The van der Waals surface area contributed by atoms with Crippen LogP contribution >= 0.6 is 22.9 Å². The molecule has 2 N–H and O–H groups in total. The molecule has 4 heterocycles. The summed E-state index contributed by atoms with van der Waals surface area (Å²) in [7, 11) is 0. The minimum atomic E-state index is -0.616. The van der Waals surface area contributed by atoms with Crippen molar-refractivity contribution < 1.29 is 4.79 Å². The Balaban J connectivity index is 1.45. The van der Waals surface area contributed by atoms with Gasteiger partial charge in [0.15, 0.2) is 11.6 Å². The van der Waals surface area contributed by atoms with Gasteiger partial charge in [0.25, 0.3) is 5.56 Å². The highest BCUT2D eigenvalue weighted by atomic mass is 35.5. The van der Waals surface area contributed by atoms with Crippen molar-refractivity contribution in [3.05, 3.63) is 97.1 Å². The highest BCUT2D eigenvalue weighted by Crippen LogP contribution is 2.39. The van der Waals surface area contributed by atoms with Gasteiger partial charge in [0, 0.05) is 26.4 Å². The first-order chi connectivity index (χ1) is 18.3. The van der Waals surface area contributed by atoms with Gasteiger partial charge in [0.1, 0.15) is 16.9 Å². The summed E-state index contributed by atoms with van der Waals surface area (Å²) in [6.07, 6.45) is -0.00265. The second kappa shape index (κ2) is 9.30. The lowest BCUT2D eigenvalue weighted by molar-refractivity contribution is -0.116. The second-order valence-electron chi connectivity index (χ2n) is 9.10. The molecule has 1 aliphatic rings. The van der Waals surface area contributed by atoms with Gasteiger partial charge in [0.05, 0.1) is 17.5 Å². The Morgan fingerprint density at radius 1 is 1.08 bits per heavy atom. The van der Waals surface area contributed by atoms with Crippen molar-refractivity contribution in [3.8, 4) is 5.00 Å². The third-order valence-electron chi connectivity index (χ3n) is 6.69. The molecule has 190 valence electrons. The van der Waals surface area contributed by atoms with E-state index in [0.29, 0.717) is 27.4 Å². The summed E-state index contributed by atoms with van der Waals surface area (Å²) in [5, 5.41) is 20.8. The smallest absolute Gasteiger partial charge is 0.272 e. The molecular formula is C27H22ClN7O2S. The van der Waals surface area contributed by atoms with Crippen LogP contribution in [-0.4, -0.2) is 36.6 Å². The minimum Gasteiger partial charge on any atom is -0.309 e. The SMILES string of the molecule is Cc1sc2c(c1C)C(c1ccc(Cl)cc1)=N[C@@H](CC(=O)Nc1n[nH]c(=O)c3ccccc13)c1nnc(C)n1-2. The number of hydrogen-bond donors (Lipinski definition) is 2. The monoisotopic (exact) mass is 543 g/mol. The van der Waals surface area contributed by atoms with Crippen LogP contribution in [0.5, 0.6) is 0 Å². The number of aliphatic imine (C=N–C) groups is 1. The summed E-state index contributed by atoms with van der Waals surface area (Å²) >= 11 is 7.83. The van der Waals surface area contributed by atoms with E-state index >= 15 is 0 Å². The number of fused-ring (bicyclic) bond motifs is 4. The summed E-state index contributed by atoms with van der Waals surface area (Å²) in [5.41, 5.74) is 3.46. The molecule has 1 atom stereocenters. The number of aryl methyl sites for hydroxylation is 2. The molecule has 6 rings (SSSR count). The quantitative estimate of drug-likeness (QED) is 0.328. The summed E-state index contributed by atoms with van der Waals surface area (Å²) in [6, 6.07) is 13.9. The Hall–Kier alpha value is -4.15. The average molecular weight is 544 g/mol. The van der Waals surface area contributed by atoms with Crippen molar-refractivity contribution in [3.63, 3.8) is 0 Å². The summed E-state index contributed by atoms with van der Waals surface area (Å²) in [4.78, 5) is 31.8. The standard InChI is InChI=1S/C27H22ClN7O2S/c1-13-14(2)38-27-22(13)23(16-8-10-17(28)11-9-16)29-20(25-33-31-15(3)35(25)27)12-21(36)30-24-18-6-4-5-7-19(18)26(37)34-32-24/h4-11,20H,12H2,1-3H3,(H,34,37)(H,30,32,36)/t20-/m0/s1. The van der Waals surface area contributed by atoms with Crippen LogP contribution in [0.15, 0.2) is 58.3 Å². The molecule has 0 unspecified atom stereocenters. The van der Waals surface area contributed by atoms with Crippen molar-refractivity contribution in [2.75, 3.05) is 5.32 Å². The summed E-state index contributed by atoms with van der Waals surface area (Å²) in [5.74, 6) is 1.27. The van der Waals surface area contributed by atoms with Gasteiger partial charge in [-0.25, -0.2) is 5.10 Å². The first-order valence-corrected chi connectivity index (χ1v) is 13.1. The molecule has 9 nitrogen and oxygen atoms in total. The fraction of sp³-hybridized carbons (Fsp3) is 0.185.